The second-order valence-electron chi connectivity index (χ2n) is 5.82. The minimum atomic E-state index is -3.36. The molecule has 0 heterocycles. The van der Waals surface area contributed by atoms with Crippen LogP contribution < -0.4 is 4.72 Å². The summed E-state index contributed by atoms with van der Waals surface area (Å²) in [5.41, 5.74) is 0. The zero-order chi connectivity index (χ0) is 14.5. The van der Waals surface area contributed by atoms with Gasteiger partial charge in [-0.15, -0.1) is 0 Å². The summed E-state index contributed by atoms with van der Waals surface area (Å²) in [4.78, 5) is 11.1. The topological polar surface area (TPSA) is 83.5 Å². The van der Waals surface area contributed by atoms with E-state index in [0.29, 0.717) is 19.3 Å². The highest BCUT2D eigenvalue weighted by atomic mass is 32.2. The van der Waals surface area contributed by atoms with Crippen LogP contribution in [0.25, 0.3) is 0 Å². The standard InChI is InChI=1S/C13H25NO4S/c1-10(2)8-11(13(15)16)9-14-19(17,18)12-6-4-3-5-7-12/h10-12,14H,3-9H2,1-2H3,(H,15,16). The van der Waals surface area contributed by atoms with Crippen molar-refractivity contribution in [3.8, 4) is 0 Å². The van der Waals surface area contributed by atoms with Crippen molar-refractivity contribution in [3.05, 3.63) is 0 Å². The van der Waals surface area contributed by atoms with Gasteiger partial charge in [0, 0.05) is 6.54 Å². The third-order valence-corrected chi connectivity index (χ3v) is 5.55. The molecule has 6 heteroatoms. The molecule has 1 unspecified atom stereocenters. The molecule has 2 N–H and O–H groups in total. The van der Waals surface area contributed by atoms with E-state index in [-0.39, 0.29) is 17.7 Å². The first kappa shape index (κ1) is 16.4. The molecule has 0 aromatic rings. The maximum absolute atomic E-state index is 12.1. The predicted molar refractivity (Wildman–Crippen MR) is 74.4 cm³/mol. The van der Waals surface area contributed by atoms with Gasteiger partial charge in [-0.1, -0.05) is 33.1 Å². The van der Waals surface area contributed by atoms with Crippen molar-refractivity contribution in [2.45, 2.75) is 57.6 Å². The van der Waals surface area contributed by atoms with Crippen LogP contribution >= 0.6 is 0 Å². The van der Waals surface area contributed by atoms with E-state index in [1.54, 1.807) is 0 Å². The van der Waals surface area contributed by atoms with Crippen LogP contribution in [0.15, 0.2) is 0 Å². The van der Waals surface area contributed by atoms with Crippen LogP contribution in [-0.2, 0) is 14.8 Å². The Kier molecular flexibility index (Phi) is 6.26. The third-order valence-electron chi connectivity index (χ3n) is 3.63. The van der Waals surface area contributed by atoms with Crippen LogP contribution in [0.4, 0.5) is 0 Å². The summed E-state index contributed by atoms with van der Waals surface area (Å²) in [6.45, 7) is 3.88. The van der Waals surface area contributed by atoms with Gasteiger partial charge in [0.25, 0.3) is 0 Å². The number of carbonyl (C=O) groups is 1. The molecule has 0 aromatic carbocycles. The predicted octanol–water partition coefficient (Wildman–Crippen LogP) is 1.99. The number of hydrogen-bond donors (Lipinski definition) is 2. The molecule has 0 aromatic heterocycles. The van der Waals surface area contributed by atoms with Crippen LogP contribution in [0, 0.1) is 11.8 Å². The number of aliphatic carboxylic acids is 1. The molecule has 0 radical (unpaired) electrons. The third kappa shape index (κ3) is 5.48. The fourth-order valence-electron chi connectivity index (χ4n) is 2.55. The van der Waals surface area contributed by atoms with Crippen molar-refractivity contribution in [2.75, 3.05) is 6.54 Å². The highest BCUT2D eigenvalue weighted by Crippen LogP contribution is 2.23. The number of rotatable bonds is 7. The van der Waals surface area contributed by atoms with Crippen LogP contribution in [0.3, 0.4) is 0 Å². The molecule has 1 fully saturated rings. The first-order valence-corrected chi connectivity index (χ1v) is 8.59. The minimum Gasteiger partial charge on any atom is -0.481 e. The molecule has 112 valence electrons. The van der Waals surface area contributed by atoms with E-state index in [1.165, 1.54) is 0 Å². The molecular weight excluding hydrogens is 266 g/mol. The molecule has 19 heavy (non-hydrogen) atoms. The Balaban J connectivity index is 2.54. The van der Waals surface area contributed by atoms with Crippen molar-refractivity contribution >= 4 is 16.0 Å². The van der Waals surface area contributed by atoms with E-state index >= 15 is 0 Å². The molecule has 0 amide bonds. The molecule has 0 bridgehead atoms. The van der Waals surface area contributed by atoms with Crippen molar-refractivity contribution in [3.63, 3.8) is 0 Å². The van der Waals surface area contributed by atoms with Gasteiger partial charge in [0.2, 0.25) is 10.0 Å². The Morgan fingerprint density at radius 2 is 1.84 bits per heavy atom. The van der Waals surface area contributed by atoms with Gasteiger partial charge in [-0.2, -0.15) is 0 Å². The van der Waals surface area contributed by atoms with E-state index in [2.05, 4.69) is 4.72 Å². The van der Waals surface area contributed by atoms with Crippen molar-refractivity contribution in [1.82, 2.24) is 4.72 Å². The highest BCUT2D eigenvalue weighted by Gasteiger charge is 2.29. The number of carboxylic acids is 1. The molecule has 1 saturated carbocycles. The van der Waals surface area contributed by atoms with E-state index in [0.717, 1.165) is 19.3 Å². The Morgan fingerprint density at radius 3 is 2.32 bits per heavy atom. The molecular formula is C13H25NO4S. The molecule has 0 spiro atoms. The van der Waals surface area contributed by atoms with Crippen molar-refractivity contribution in [1.29, 1.82) is 0 Å². The fourth-order valence-corrected chi connectivity index (χ4v) is 4.17. The normalized spacial score (nSPS) is 19.5. The summed E-state index contributed by atoms with van der Waals surface area (Å²) in [5, 5.41) is 8.76. The summed E-state index contributed by atoms with van der Waals surface area (Å²) in [7, 11) is -3.36. The smallest absolute Gasteiger partial charge is 0.307 e. The Hall–Kier alpha value is -0.620. The summed E-state index contributed by atoms with van der Waals surface area (Å²) in [6, 6.07) is 0. The molecule has 1 aliphatic rings. The fraction of sp³-hybridized carbons (Fsp3) is 0.923. The Labute approximate surface area is 115 Å². The monoisotopic (exact) mass is 291 g/mol. The maximum Gasteiger partial charge on any atom is 0.307 e. The zero-order valence-corrected chi connectivity index (χ0v) is 12.6. The second-order valence-corrected chi connectivity index (χ2v) is 7.86. The van der Waals surface area contributed by atoms with Gasteiger partial charge in [-0.05, 0) is 25.2 Å². The van der Waals surface area contributed by atoms with E-state index in [4.69, 9.17) is 5.11 Å². The SMILES string of the molecule is CC(C)CC(CNS(=O)(=O)C1CCCCC1)C(=O)O. The molecule has 0 saturated heterocycles. The van der Waals surface area contributed by atoms with Gasteiger partial charge in [0.1, 0.15) is 0 Å². The van der Waals surface area contributed by atoms with Gasteiger partial charge in [0.15, 0.2) is 0 Å². The quantitative estimate of drug-likeness (QED) is 0.751. The molecule has 1 rings (SSSR count). The number of nitrogens with one attached hydrogen (secondary N) is 1. The first-order chi connectivity index (χ1) is 8.83. The van der Waals surface area contributed by atoms with Gasteiger partial charge in [0.05, 0.1) is 11.2 Å². The lowest BCUT2D eigenvalue weighted by atomic mass is 9.98. The van der Waals surface area contributed by atoms with Crippen LogP contribution in [-0.4, -0.2) is 31.3 Å². The average molecular weight is 291 g/mol. The molecule has 5 nitrogen and oxygen atoms in total. The van der Waals surface area contributed by atoms with Crippen LogP contribution in [0.1, 0.15) is 52.4 Å². The van der Waals surface area contributed by atoms with Gasteiger partial charge in [-0.25, -0.2) is 13.1 Å². The number of hydrogen-bond acceptors (Lipinski definition) is 3. The average Bonchev–Trinajstić information content (AvgIpc) is 2.35. The Bertz CT molecular complexity index is 385. The maximum atomic E-state index is 12.1. The van der Waals surface area contributed by atoms with Crippen LogP contribution in [0.5, 0.6) is 0 Å². The highest BCUT2D eigenvalue weighted by molar-refractivity contribution is 7.90. The lowest BCUT2D eigenvalue weighted by molar-refractivity contribution is -0.142. The molecule has 1 aliphatic carbocycles. The van der Waals surface area contributed by atoms with Crippen LogP contribution in [0.2, 0.25) is 0 Å². The lowest BCUT2D eigenvalue weighted by Crippen LogP contribution is -2.40. The lowest BCUT2D eigenvalue weighted by Gasteiger charge is -2.23. The summed E-state index contributed by atoms with van der Waals surface area (Å²) in [5.74, 6) is -1.33. The summed E-state index contributed by atoms with van der Waals surface area (Å²) in [6.07, 6.45) is 4.86. The minimum absolute atomic E-state index is 0.00630. The van der Waals surface area contributed by atoms with Crippen molar-refractivity contribution < 1.29 is 18.3 Å². The second kappa shape index (κ2) is 7.24. The van der Waals surface area contributed by atoms with Crippen molar-refractivity contribution in [2.24, 2.45) is 11.8 Å². The van der Waals surface area contributed by atoms with E-state index < -0.39 is 21.9 Å². The van der Waals surface area contributed by atoms with Gasteiger partial charge in [-0.3, -0.25) is 4.79 Å². The zero-order valence-electron chi connectivity index (χ0n) is 11.8. The summed E-state index contributed by atoms with van der Waals surface area (Å²) < 4.78 is 26.7. The molecule has 1 atom stereocenters. The first-order valence-electron chi connectivity index (χ1n) is 7.04. The largest absolute Gasteiger partial charge is 0.481 e. The Morgan fingerprint density at radius 1 is 1.26 bits per heavy atom. The summed E-state index contributed by atoms with van der Waals surface area (Å²) >= 11 is 0. The molecule has 0 aliphatic heterocycles. The van der Waals surface area contributed by atoms with Gasteiger partial charge < -0.3 is 5.11 Å². The number of carboxylic acid groups (broad SMARTS) is 1. The van der Waals surface area contributed by atoms with E-state index in [9.17, 15) is 13.2 Å². The van der Waals surface area contributed by atoms with E-state index in [1.807, 2.05) is 13.8 Å². The number of sulfonamides is 1. The van der Waals surface area contributed by atoms with Gasteiger partial charge >= 0.3 is 5.97 Å².